The Morgan fingerprint density at radius 3 is 1.19 bits per heavy atom. The summed E-state index contributed by atoms with van der Waals surface area (Å²) in [6.45, 7) is 6.24. The van der Waals surface area contributed by atoms with Crippen LogP contribution >= 0.6 is 0 Å². The van der Waals surface area contributed by atoms with E-state index in [4.69, 9.17) is 20.7 Å². The molecule has 0 bridgehead atoms. The number of hydrogen-bond acceptors (Lipinski definition) is 4. The molecule has 16 heavy (non-hydrogen) atoms. The lowest BCUT2D eigenvalue weighted by molar-refractivity contribution is -0.134. The molecule has 0 radical (unpaired) electrons. The highest BCUT2D eigenvalue weighted by Crippen LogP contribution is 1.70. The third-order valence-electron chi connectivity index (χ3n) is 0.551. The monoisotopic (exact) mass is 222 g/mol. The van der Waals surface area contributed by atoms with Crippen LogP contribution in [0.2, 0.25) is 0 Å². The fourth-order valence-electron chi connectivity index (χ4n) is 0.143. The first-order valence-electron chi connectivity index (χ1n) is 3.61. The van der Waals surface area contributed by atoms with E-state index in [-0.39, 0.29) is 0 Å². The van der Waals surface area contributed by atoms with Crippen LogP contribution < -0.4 is 0 Å². The zero-order valence-corrected chi connectivity index (χ0v) is 8.33. The Hall–Kier alpha value is -2.86. The maximum Gasteiger partial charge on any atom is 0.328 e. The molecule has 0 aromatic carbocycles. The minimum absolute atomic E-state index is 0.558. The molecule has 0 fully saturated rings. The molecule has 0 spiro atoms. The molecule has 0 amide bonds. The maximum absolute atomic E-state index is 9.55. The number of allylic oxidation sites excluding steroid dienone is 2. The lowest BCUT2D eigenvalue weighted by Gasteiger charge is -1.74. The molecule has 0 aromatic heterocycles. The van der Waals surface area contributed by atoms with Crippen LogP contribution in [0.1, 0.15) is 0 Å². The van der Waals surface area contributed by atoms with Gasteiger partial charge in [0, 0.05) is 24.3 Å². The zero-order valence-electron chi connectivity index (χ0n) is 8.33. The van der Waals surface area contributed by atoms with Crippen molar-refractivity contribution >= 4 is 11.9 Å². The van der Waals surface area contributed by atoms with Crippen molar-refractivity contribution < 1.29 is 19.8 Å². The average Bonchev–Trinajstić information content (AvgIpc) is 2.27. The number of nitrogens with zero attached hydrogens (tertiary/aromatic N) is 2. The molecular weight excluding hydrogens is 212 g/mol. The van der Waals surface area contributed by atoms with Crippen molar-refractivity contribution in [2.24, 2.45) is 0 Å². The van der Waals surface area contributed by atoms with Gasteiger partial charge in [0.15, 0.2) is 0 Å². The first-order valence-corrected chi connectivity index (χ1v) is 3.61. The summed E-state index contributed by atoms with van der Waals surface area (Å²) in [7, 11) is 0. The van der Waals surface area contributed by atoms with Gasteiger partial charge in [-0.1, -0.05) is 13.2 Å². The van der Waals surface area contributed by atoms with E-state index in [2.05, 4.69) is 13.2 Å². The third-order valence-corrected chi connectivity index (χ3v) is 0.551. The minimum Gasteiger partial charge on any atom is -0.478 e. The van der Waals surface area contributed by atoms with Crippen molar-refractivity contribution in [3.05, 3.63) is 37.5 Å². The fraction of sp³-hybridized carbons (Fsp3) is 0. The van der Waals surface area contributed by atoms with Gasteiger partial charge in [-0.15, -0.1) is 0 Å². The largest absolute Gasteiger partial charge is 0.478 e. The van der Waals surface area contributed by atoms with Gasteiger partial charge >= 0.3 is 11.9 Å². The van der Waals surface area contributed by atoms with Gasteiger partial charge in [-0.3, -0.25) is 0 Å². The molecule has 0 rings (SSSR count). The van der Waals surface area contributed by atoms with Gasteiger partial charge in [0.1, 0.15) is 0 Å². The van der Waals surface area contributed by atoms with E-state index in [1.54, 1.807) is 12.1 Å². The van der Waals surface area contributed by atoms with Gasteiger partial charge in [-0.25, -0.2) is 9.59 Å². The number of nitriles is 2. The van der Waals surface area contributed by atoms with Gasteiger partial charge in [0.05, 0.1) is 12.1 Å². The van der Waals surface area contributed by atoms with Crippen molar-refractivity contribution in [1.82, 2.24) is 0 Å². The quantitative estimate of drug-likeness (QED) is 0.532. The highest BCUT2D eigenvalue weighted by atomic mass is 16.4. The van der Waals surface area contributed by atoms with Gasteiger partial charge in [-0.2, -0.15) is 10.5 Å². The first-order chi connectivity index (χ1) is 7.45. The molecule has 6 nitrogen and oxygen atoms in total. The number of carbonyl (C=O) groups is 2. The van der Waals surface area contributed by atoms with Crippen LogP contribution in [0.5, 0.6) is 0 Å². The van der Waals surface area contributed by atoms with Crippen LogP contribution in [-0.2, 0) is 9.59 Å². The Labute approximate surface area is 92.7 Å². The van der Waals surface area contributed by atoms with Gasteiger partial charge in [0.25, 0.3) is 0 Å². The van der Waals surface area contributed by atoms with Crippen LogP contribution in [0.15, 0.2) is 37.5 Å². The lowest BCUT2D eigenvalue weighted by Crippen LogP contribution is -1.91. The van der Waals surface area contributed by atoms with Gasteiger partial charge < -0.3 is 10.2 Å². The maximum atomic E-state index is 9.55. The summed E-state index contributed by atoms with van der Waals surface area (Å²) in [5.74, 6) is -2.51. The minimum atomic E-state index is -1.26. The van der Waals surface area contributed by atoms with E-state index in [0.717, 1.165) is 0 Å². The molecular formula is C10H10N2O4. The Morgan fingerprint density at radius 1 is 0.938 bits per heavy atom. The molecule has 0 atom stereocenters. The van der Waals surface area contributed by atoms with Crippen molar-refractivity contribution in [2.45, 2.75) is 0 Å². The van der Waals surface area contributed by atoms with E-state index >= 15 is 0 Å². The standard InChI is InChI=1S/C4H4O4.2C3H3N/c5-3(6)1-2-4(7)8;2*1-2-3-4/h1-2H,(H,5,6)(H,7,8);2*2H,1H2/b2-1-;;. The molecule has 0 aliphatic heterocycles. The number of carboxylic acid groups (broad SMARTS) is 2. The van der Waals surface area contributed by atoms with Crippen LogP contribution in [0.4, 0.5) is 0 Å². The van der Waals surface area contributed by atoms with E-state index in [1.165, 1.54) is 12.2 Å². The predicted molar refractivity (Wildman–Crippen MR) is 56.0 cm³/mol. The molecule has 0 aliphatic carbocycles. The molecule has 0 aliphatic rings. The Morgan fingerprint density at radius 2 is 1.12 bits per heavy atom. The summed E-state index contributed by atoms with van der Waals surface area (Å²) < 4.78 is 0. The second-order valence-electron chi connectivity index (χ2n) is 1.68. The second kappa shape index (κ2) is 18.0. The molecule has 0 saturated carbocycles. The SMILES string of the molecule is C=CC#N.C=CC#N.O=C(O)/C=C\C(=O)O. The van der Waals surface area contributed by atoms with Crippen LogP contribution in [0.3, 0.4) is 0 Å². The smallest absolute Gasteiger partial charge is 0.328 e. The first kappa shape index (κ1) is 18.8. The summed E-state index contributed by atoms with van der Waals surface area (Å²) in [4.78, 5) is 19.1. The number of aliphatic carboxylic acids is 2. The molecule has 0 aromatic rings. The van der Waals surface area contributed by atoms with E-state index in [9.17, 15) is 9.59 Å². The Kier molecular flexibility index (Phi) is 21.2. The normalized spacial score (nSPS) is 6.62. The van der Waals surface area contributed by atoms with E-state index < -0.39 is 11.9 Å². The second-order valence-corrected chi connectivity index (χ2v) is 1.68. The summed E-state index contributed by atoms with van der Waals surface area (Å²) in [6, 6.07) is 3.39. The van der Waals surface area contributed by atoms with Crippen molar-refractivity contribution in [3.8, 4) is 12.1 Å². The van der Waals surface area contributed by atoms with Gasteiger partial charge in [0.2, 0.25) is 0 Å². The van der Waals surface area contributed by atoms with Gasteiger partial charge in [-0.05, 0) is 0 Å². The summed E-state index contributed by atoms with van der Waals surface area (Å²) in [5, 5.41) is 30.6. The summed E-state index contributed by atoms with van der Waals surface area (Å²) >= 11 is 0. The molecule has 0 unspecified atom stereocenters. The Balaban J connectivity index is -0.000000179. The third kappa shape index (κ3) is 66.8. The van der Waals surface area contributed by atoms with E-state index in [1.807, 2.05) is 0 Å². The summed E-state index contributed by atoms with van der Waals surface area (Å²) in [6.07, 6.45) is 3.48. The van der Waals surface area contributed by atoms with Crippen molar-refractivity contribution in [3.63, 3.8) is 0 Å². The average molecular weight is 222 g/mol. The Bertz CT molecular complexity index is 311. The molecule has 0 saturated heterocycles. The van der Waals surface area contributed by atoms with Crippen LogP contribution in [-0.4, -0.2) is 22.2 Å². The molecule has 6 heteroatoms. The van der Waals surface area contributed by atoms with Crippen LogP contribution in [0, 0.1) is 22.7 Å². The van der Waals surface area contributed by atoms with Crippen LogP contribution in [0.25, 0.3) is 0 Å². The zero-order chi connectivity index (χ0) is 13.4. The number of rotatable bonds is 2. The molecule has 2 N–H and O–H groups in total. The highest BCUT2D eigenvalue weighted by molar-refractivity contribution is 5.89. The van der Waals surface area contributed by atoms with Crippen molar-refractivity contribution in [1.29, 1.82) is 10.5 Å². The topological polar surface area (TPSA) is 122 Å². The lowest BCUT2D eigenvalue weighted by atomic mass is 10.5. The highest BCUT2D eigenvalue weighted by Gasteiger charge is 1.88. The predicted octanol–water partition coefficient (Wildman–Crippen LogP) is 1.10. The van der Waals surface area contributed by atoms with Crippen molar-refractivity contribution in [2.75, 3.05) is 0 Å². The number of hydrogen-bond donors (Lipinski definition) is 2. The summed E-state index contributed by atoms with van der Waals surface area (Å²) in [5.41, 5.74) is 0. The fourth-order valence-corrected chi connectivity index (χ4v) is 0.143. The van der Waals surface area contributed by atoms with E-state index in [0.29, 0.717) is 12.2 Å². The number of carboxylic acids is 2. The molecule has 0 heterocycles. The molecule has 84 valence electrons.